The summed E-state index contributed by atoms with van der Waals surface area (Å²) >= 11 is 0. The van der Waals surface area contributed by atoms with Crippen molar-refractivity contribution in [1.29, 1.82) is 0 Å². The molecule has 1 aromatic carbocycles. The summed E-state index contributed by atoms with van der Waals surface area (Å²) in [6.45, 7) is 0. The van der Waals surface area contributed by atoms with E-state index in [9.17, 15) is 0 Å². The molecule has 0 bridgehead atoms. The lowest BCUT2D eigenvalue weighted by Gasteiger charge is -2.05. The van der Waals surface area contributed by atoms with Gasteiger partial charge in [0.25, 0.3) is 0 Å². The van der Waals surface area contributed by atoms with Crippen LogP contribution >= 0.6 is 0 Å². The van der Waals surface area contributed by atoms with E-state index in [1.54, 1.807) is 12.5 Å². The lowest BCUT2D eigenvalue weighted by molar-refractivity contribution is 0.520. The van der Waals surface area contributed by atoms with Gasteiger partial charge in [-0.1, -0.05) is 24.3 Å². The highest BCUT2D eigenvalue weighted by molar-refractivity contribution is 5.62. The summed E-state index contributed by atoms with van der Waals surface area (Å²) in [5.41, 5.74) is 2.33. The van der Waals surface area contributed by atoms with Crippen molar-refractivity contribution in [2.24, 2.45) is 0 Å². The molecule has 0 spiro atoms. The van der Waals surface area contributed by atoms with Crippen LogP contribution in [0.4, 0.5) is 0 Å². The Labute approximate surface area is 99.5 Å². The van der Waals surface area contributed by atoms with Gasteiger partial charge >= 0.3 is 0 Å². The van der Waals surface area contributed by atoms with E-state index in [4.69, 9.17) is 8.83 Å². The minimum absolute atomic E-state index is 0.782. The Morgan fingerprint density at radius 1 is 0.765 bits per heavy atom. The van der Waals surface area contributed by atoms with E-state index in [0.29, 0.717) is 0 Å². The summed E-state index contributed by atoms with van der Waals surface area (Å²) in [5, 5.41) is 0. The molecule has 2 heterocycles. The number of benzene rings is 1. The highest BCUT2D eigenvalue weighted by Crippen LogP contribution is 2.25. The summed E-state index contributed by atoms with van der Waals surface area (Å²) in [5.74, 6) is 1.86. The zero-order chi connectivity index (χ0) is 11.5. The Kier molecular flexibility index (Phi) is 2.54. The van der Waals surface area contributed by atoms with Crippen LogP contribution in [0.5, 0.6) is 0 Å². The van der Waals surface area contributed by atoms with Crippen molar-refractivity contribution in [2.45, 2.75) is 6.42 Å². The molecule has 2 heteroatoms. The molecule has 0 saturated heterocycles. The van der Waals surface area contributed by atoms with Crippen LogP contribution in [-0.4, -0.2) is 0 Å². The predicted octanol–water partition coefficient (Wildman–Crippen LogP) is 4.13. The van der Waals surface area contributed by atoms with E-state index in [0.717, 1.165) is 23.5 Å². The molecule has 0 aliphatic carbocycles. The standard InChI is InChI=1S/C15H12O2/c1-2-7-14(15-8-4-10-17-15)12(5-1)11-13-6-3-9-16-13/h1-10H,11H2. The highest BCUT2D eigenvalue weighted by Gasteiger charge is 2.08. The molecule has 84 valence electrons. The zero-order valence-electron chi connectivity index (χ0n) is 9.30. The molecular formula is C15H12O2. The second-order valence-corrected chi connectivity index (χ2v) is 3.89. The average molecular weight is 224 g/mol. The Bertz CT molecular complexity index is 577. The Hall–Kier alpha value is -2.22. The maximum Gasteiger partial charge on any atom is 0.134 e. The van der Waals surface area contributed by atoms with Gasteiger partial charge in [-0.2, -0.15) is 0 Å². The smallest absolute Gasteiger partial charge is 0.134 e. The van der Waals surface area contributed by atoms with Gasteiger partial charge < -0.3 is 8.83 Å². The van der Waals surface area contributed by atoms with Crippen LogP contribution < -0.4 is 0 Å². The zero-order valence-corrected chi connectivity index (χ0v) is 9.30. The van der Waals surface area contributed by atoms with Gasteiger partial charge in [0, 0.05) is 12.0 Å². The van der Waals surface area contributed by atoms with E-state index in [-0.39, 0.29) is 0 Å². The molecule has 0 aliphatic heterocycles. The third-order valence-electron chi connectivity index (χ3n) is 2.75. The van der Waals surface area contributed by atoms with Crippen LogP contribution in [0.3, 0.4) is 0 Å². The van der Waals surface area contributed by atoms with E-state index in [2.05, 4.69) is 12.1 Å². The summed E-state index contributed by atoms with van der Waals surface area (Å²) < 4.78 is 10.8. The van der Waals surface area contributed by atoms with Gasteiger partial charge in [0.2, 0.25) is 0 Å². The van der Waals surface area contributed by atoms with Crippen molar-refractivity contribution >= 4 is 0 Å². The fourth-order valence-corrected chi connectivity index (χ4v) is 1.95. The van der Waals surface area contributed by atoms with Crippen LogP contribution in [-0.2, 0) is 6.42 Å². The molecule has 0 N–H and O–H groups in total. The molecule has 0 saturated carbocycles. The monoisotopic (exact) mass is 224 g/mol. The molecule has 17 heavy (non-hydrogen) atoms. The van der Waals surface area contributed by atoms with E-state index in [1.165, 1.54) is 5.56 Å². The van der Waals surface area contributed by atoms with Crippen LogP contribution in [0.1, 0.15) is 11.3 Å². The van der Waals surface area contributed by atoms with E-state index in [1.807, 2.05) is 36.4 Å². The highest BCUT2D eigenvalue weighted by atomic mass is 16.3. The molecule has 0 fully saturated rings. The molecule has 0 aliphatic rings. The van der Waals surface area contributed by atoms with Crippen molar-refractivity contribution in [3.8, 4) is 11.3 Å². The van der Waals surface area contributed by atoms with Gasteiger partial charge in [-0.15, -0.1) is 0 Å². The maximum atomic E-state index is 5.45. The van der Waals surface area contributed by atoms with E-state index < -0.39 is 0 Å². The molecule has 3 rings (SSSR count). The third-order valence-corrected chi connectivity index (χ3v) is 2.75. The molecule has 0 radical (unpaired) electrons. The SMILES string of the molecule is c1coc(Cc2ccccc2-c2ccco2)c1. The van der Waals surface area contributed by atoms with Gasteiger partial charge in [0.05, 0.1) is 12.5 Å². The molecule has 2 nitrogen and oxygen atoms in total. The molecule has 0 amide bonds. The first-order chi connectivity index (χ1) is 8.43. The van der Waals surface area contributed by atoms with E-state index >= 15 is 0 Å². The number of hydrogen-bond acceptors (Lipinski definition) is 2. The topological polar surface area (TPSA) is 26.3 Å². The number of hydrogen-bond donors (Lipinski definition) is 0. The minimum atomic E-state index is 0.782. The molecule has 2 aromatic heterocycles. The quantitative estimate of drug-likeness (QED) is 0.668. The van der Waals surface area contributed by atoms with Gasteiger partial charge in [-0.25, -0.2) is 0 Å². The summed E-state index contributed by atoms with van der Waals surface area (Å²) in [6, 6.07) is 16.0. The maximum absolute atomic E-state index is 5.45. The van der Waals surface area contributed by atoms with Crippen LogP contribution in [0.15, 0.2) is 69.9 Å². The van der Waals surface area contributed by atoms with Crippen LogP contribution in [0, 0.1) is 0 Å². The van der Waals surface area contributed by atoms with Crippen LogP contribution in [0.25, 0.3) is 11.3 Å². The predicted molar refractivity (Wildman–Crippen MR) is 65.7 cm³/mol. The average Bonchev–Trinajstić information content (AvgIpc) is 3.01. The Balaban J connectivity index is 1.99. The second kappa shape index (κ2) is 4.34. The second-order valence-electron chi connectivity index (χ2n) is 3.89. The molecule has 3 aromatic rings. The first-order valence-corrected chi connectivity index (χ1v) is 5.57. The van der Waals surface area contributed by atoms with Gasteiger partial charge in [0.1, 0.15) is 11.5 Å². The largest absolute Gasteiger partial charge is 0.469 e. The number of furan rings is 2. The van der Waals surface area contributed by atoms with Crippen molar-refractivity contribution in [2.75, 3.05) is 0 Å². The Morgan fingerprint density at radius 3 is 2.35 bits per heavy atom. The van der Waals surface area contributed by atoms with Crippen molar-refractivity contribution < 1.29 is 8.83 Å². The first-order valence-electron chi connectivity index (χ1n) is 5.57. The molecular weight excluding hydrogens is 212 g/mol. The number of rotatable bonds is 3. The van der Waals surface area contributed by atoms with Crippen molar-refractivity contribution in [1.82, 2.24) is 0 Å². The van der Waals surface area contributed by atoms with Crippen molar-refractivity contribution in [3.63, 3.8) is 0 Å². The Morgan fingerprint density at radius 2 is 1.59 bits per heavy atom. The van der Waals surface area contributed by atoms with Crippen LogP contribution in [0.2, 0.25) is 0 Å². The normalized spacial score (nSPS) is 10.6. The van der Waals surface area contributed by atoms with Gasteiger partial charge in [0.15, 0.2) is 0 Å². The molecule has 0 atom stereocenters. The lowest BCUT2D eigenvalue weighted by atomic mass is 10.0. The first kappa shape index (κ1) is 9.97. The fraction of sp³-hybridized carbons (Fsp3) is 0.0667. The van der Waals surface area contributed by atoms with Gasteiger partial charge in [-0.05, 0) is 29.8 Å². The van der Waals surface area contributed by atoms with Crippen molar-refractivity contribution in [3.05, 3.63) is 72.4 Å². The third kappa shape index (κ3) is 2.02. The minimum Gasteiger partial charge on any atom is -0.469 e. The summed E-state index contributed by atoms with van der Waals surface area (Å²) in [6.07, 6.45) is 4.17. The van der Waals surface area contributed by atoms with Gasteiger partial charge in [-0.3, -0.25) is 0 Å². The summed E-state index contributed by atoms with van der Waals surface area (Å²) in [7, 11) is 0. The fourth-order valence-electron chi connectivity index (χ4n) is 1.95. The molecule has 0 unspecified atom stereocenters. The lowest BCUT2D eigenvalue weighted by Crippen LogP contribution is -1.89. The summed E-state index contributed by atoms with van der Waals surface area (Å²) in [4.78, 5) is 0.